The van der Waals surface area contributed by atoms with E-state index in [9.17, 15) is 13.2 Å². The maximum atomic E-state index is 12.1. The van der Waals surface area contributed by atoms with E-state index in [2.05, 4.69) is 4.98 Å². The number of carbonyl (C=O) groups excluding carboxylic acids is 1. The predicted molar refractivity (Wildman–Crippen MR) is 103 cm³/mol. The first-order valence-corrected chi connectivity index (χ1v) is 9.87. The van der Waals surface area contributed by atoms with Gasteiger partial charge in [-0.15, -0.1) is 0 Å². The minimum Gasteiger partial charge on any atom is -0.352 e. The number of hydrogen-bond acceptors (Lipinski definition) is 3. The highest BCUT2D eigenvalue weighted by atomic mass is 35.5. The summed E-state index contributed by atoms with van der Waals surface area (Å²) in [4.78, 5) is 15.3. The molecule has 134 valence electrons. The quantitative estimate of drug-likeness (QED) is 0.640. The third kappa shape index (κ3) is 3.72. The molecule has 1 heterocycles. The molecule has 0 unspecified atom stereocenters. The van der Waals surface area contributed by atoms with Gasteiger partial charge in [-0.3, -0.25) is 4.79 Å². The van der Waals surface area contributed by atoms with Gasteiger partial charge in [-0.25, -0.2) is 13.6 Å². The Morgan fingerprint density at radius 2 is 1.62 bits per heavy atom. The van der Waals surface area contributed by atoms with Crippen molar-refractivity contribution in [1.29, 1.82) is 0 Å². The Labute approximate surface area is 156 Å². The van der Waals surface area contributed by atoms with Crippen LogP contribution in [0.3, 0.4) is 0 Å². The molecule has 0 aliphatic rings. The van der Waals surface area contributed by atoms with Gasteiger partial charge in [0.2, 0.25) is 10.0 Å². The fraction of sp³-hybridized carbons (Fsp3) is 0.105. The van der Waals surface area contributed by atoms with Crippen LogP contribution in [0.15, 0.2) is 59.5 Å². The molecule has 0 saturated carbocycles. The lowest BCUT2D eigenvalue weighted by Crippen LogP contribution is -2.11. The summed E-state index contributed by atoms with van der Waals surface area (Å²) in [6.07, 6.45) is 0.379. The van der Waals surface area contributed by atoms with Gasteiger partial charge < -0.3 is 4.98 Å². The minimum absolute atomic E-state index is 0.00683. The molecule has 0 spiro atoms. The number of ketones is 1. The number of aromatic nitrogens is 1. The van der Waals surface area contributed by atoms with Crippen molar-refractivity contribution in [3.8, 4) is 22.4 Å². The van der Waals surface area contributed by atoms with Gasteiger partial charge in [-0.2, -0.15) is 0 Å². The van der Waals surface area contributed by atoms with Crippen molar-refractivity contribution in [2.24, 2.45) is 5.14 Å². The number of primary sulfonamides is 1. The first kappa shape index (κ1) is 18.4. The molecule has 0 saturated heterocycles. The second-order valence-corrected chi connectivity index (χ2v) is 7.82. The van der Waals surface area contributed by atoms with Crippen molar-refractivity contribution in [1.82, 2.24) is 4.98 Å². The molecular formula is C19H17ClN2O3S. The smallest absolute Gasteiger partial charge is 0.238 e. The normalized spacial score (nSPS) is 11.5. The number of carbonyl (C=O) groups is 1. The SMILES string of the molecule is CCC(=O)c1cc(-c2ccc(Cl)cc2)c(-c2ccc(S(N)(=O)=O)cc2)[nH]1. The summed E-state index contributed by atoms with van der Waals surface area (Å²) < 4.78 is 22.9. The van der Waals surface area contributed by atoms with E-state index in [0.717, 1.165) is 22.4 Å². The highest BCUT2D eigenvalue weighted by molar-refractivity contribution is 7.89. The minimum atomic E-state index is -3.76. The van der Waals surface area contributed by atoms with Crippen molar-refractivity contribution in [2.45, 2.75) is 18.2 Å². The molecule has 1 aromatic heterocycles. The zero-order valence-corrected chi connectivity index (χ0v) is 15.6. The van der Waals surface area contributed by atoms with E-state index >= 15 is 0 Å². The van der Waals surface area contributed by atoms with E-state index in [0.29, 0.717) is 17.1 Å². The molecule has 0 amide bonds. The molecule has 26 heavy (non-hydrogen) atoms. The van der Waals surface area contributed by atoms with Crippen LogP contribution >= 0.6 is 11.6 Å². The molecule has 3 rings (SSSR count). The number of halogens is 1. The first-order chi connectivity index (χ1) is 12.3. The van der Waals surface area contributed by atoms with E-state index in [1.54, 1.807) is 37.3 Å². The zero-order valence-electron chi connectivity index (χ0n) is 14.0. The molecule has 0 radical (unpaired) electrons. The Balaban J connectivity index is 2.14. The van der Waals surface area contributed by atoms with Gasteiger partial charge in [-0.1, -0.05) is 42.8 Å². The van der Waals surface area contributed by atoms with Crippen LogP contribution in [0.2, 0.25) is 5.02 Å². The molecular weight excluding hydrogens is 372 g/mol. The molecule has 0 aliphatic carbocycles. The molecule has 0 atom stereocenters. The van der Waals surface area contributed by atoms with Gasteiger partial charge >= 0.3 is 0 Å². The first-order valence-electron chi connectivity index (χ1n) is 7.95. The van der Waals surface area contributed by atoms with Crippen molar-refractivity contribution in [3.63, 3.8) is 0 Å². The highest BCUT2D eigenvalue weighted by Gasteiger charge is 2.16. The number of aromatic amines is 1. The van der Waals surface area contributed by atoms with Crippen LogP contribution in [0.1, 0.15) is 23.8 Å². The van der Waals surface area contributed by atoms with Crippen LogP contribution in [0.5, 0.6) is 0 Å². The summed E-state index contributed by atoms with van der Waals surface area (Å²) in [5.74, 6) is -0.00683. The lowest BCUT2D eigenvalue weighted by atomic mass is 10.0. The molecule has 5 nitrogen and oxygen atoms in total. The van der Waals surface area contributed by atoms with Crippen molar-refractivity contribution in [3.05, 3.63) is 65.3 Å². The molecule has 0 aliphatic heterocycles. The van der Waals surface area contributed by atoms with E-state index in [1.807, 2.05) is 12.1 Å². The van der Waals surface area contributed by atoms with Gasteiger partial charge in [-0.05, 0) is 41.5 Å². The predicted octanol–water partition coefficient (Wildman–Crippen LogP) is 4.24. The fourth-order valence-electron chi connectivity index (χ4n) is 2.69. The van der Waals surface area contributed by atoms with Gasteiger partial charge in [0.1, 0.15) is 0 Å². The fourth-order valence-corrected chi connectivity index (χ4v) is 3.33. The molecule has 7 heteroatoms. The summed E-state index contributed by atoms with van der Waals surface area (Å²) in [7, 11) is -3.76. The highest BCUT2D eigenvalue weighted by Crippen LogP contribution is 2.34. The zero-order chi connectivity index (χ0) is 18.9. The number of H-pyrrole nitrogens is 1. The summed E-state index contributed by atoms with van der Waals surface area (Å²) in [5.41, 5.74) is 3.71. The summed E-state index contributed by atoms with van der Waals surface area (Å²) in [5, 5.41) is 5.77. The van der Waals surface area contributed by atoms with Crippen molar-refractivity contribution < 1.29 is 13.2 Å². The van der Waals surface area contributed by atoms with Crippen molar-refractivity contribution in [2.75, 3.05) is 0 Å². The van der Waals surface area contributed by atoms with Crippen LogP contribution in [-0.2, 0) is 10.0 Å². The lowest BCUT2D eigenvalue weighted by molar-refractivity contribution is 0.0984. The lowest BCUT2D eigenvalue weighted by Gasteiger charge is -2.06. The maximum absolute atomic E-state index is 12.1. The number of nitrogens with one attached hydrogen (secondary N) is 1. The van der Waals surface area contributed by atoms with Crippen molar-refractivity contribution >= 4 is 27.4 Å². The second kappa shape index (κ2) is 7.07. The van der Waals surface area contributed by atoms with Crippen LogP contribution in [-0.4, -0.2) is 19.2 Å². The maximum Gasteiger partial charge on any atom is 0.238 e. The Kier molecular flexibility index (Phi) is 5.00. The van der Waals surface area contributed by atoms with Crippen LogP contribution in [0, 0.1) is 0 Å². The van der Waals surface area contributed by atoms with E-state index in [4.69, 9.17) is 16.7 Å². The topological polar surface area (TPSA) is 93.0 Å². The number of rotatable bonds is 5. The van der Waals surface area contributed by atoms with E-state index in [1.165, 1.54) is 12.1 Å². The molecule has 0 fully saturated rings. The molecule has 0 bridgehead atoms. The third-order valence-electron chi connectivity index (χ3n) is 4.07. The number of nitrogens with two attached hydrogens (primary N) is 1. The number of hydrogen-bond donors (Lipinski definition) is 2. The molecule has 3 N–H and O–H groups in total. The van der Waals surface area contributed by atoms with Gasteiger partial charge in [0, 0.05) is 17.0 Å². The summed E-state index contributed by atoms with van der Waals surface area (Å²) in [6, 6.07) is 15.3. The summed E-state index contributed by atoms with van der Waals surface area (Å²) in [6.45, 7) is 1.80. The Morgan fingerprint density at radius 1 is 1.04 bits per heavy atom. The van der Waals surface area contributed by atoms with Gasteiger partial charge in [0.15, 0.2) is 5.78 Å². The van der Waals surface area contributed by atoms with E-state index < -0.39 is 10.0 Å². The Hall–Kier alpha value is -2.41. The van der Waals surface area contributed by atoms with Gasteiger partial charge in [0.05, 0.1) is 16.3 Å². The number of Topliss-reactive ketones (excluding diaryl/α,β-unsaturated/α-hetero) is 1. The Morgan fingerprint density at radius 3 is 2.15 bits per heavy atom. The van der Waals surface area contributed by atoms with Gasteiger partial charge in [0.25, 0.3) is 0 Å². The third-order valence-corrected chi connectivity index (χ3v) is 5.25. The molecule has 3 aromatic rings. The molecule has 2 aromatic carbocycles. The largest absolute Gasteiger partial charge is 0.352 e. The van der Waals surface area contributed by atoms with Crippen LogP contribution in [0.4, 0.5) is 0 Å². The number of sulfonamides is 1. The monoisotopic (exact) mass is 388 g/mol. The van der Waals surface area contributed by atoms with Crippen LogP contribution < -0.4 is 5.14 Å². The standard InChI is InChI=1S/C19H17ClN2O3S/c1-2-18(23)17-11-16(12-3-7-14(20)8-4-12)19(22-17)13-5-9-15(10-6-13)26(21,24)25/h3-11,22H,2H2,1H3,(H2,21,24,25). The second-order valence-electron chi connectivity index (χ2n) is 5.82. The average molecular weight is 389 g/mol. The van der Waals surface area contributed by atoms with Crippen LogP contribution in [0.25, 0.3) is 22.4 Å². The Bertz CT molecular complexity index is 1050. The summed E-state index contributed by atoms with van der Waals surface area (Å²) >= 11 is 5.96. The number of benzene rings is 2. The van der Waals surface area contributed by atoms with E-state index in [-0.39, 0.29) is 10.7 Å². The average Bonchev–Trinajstić information content (AvgIpc) is 3.06.